The number of hydrogen-bond donors (Lipinski definition) is 18. The number of carboxylic acids is 6. The number of aliphatic hydroxyl groups excluding tert-OH is 12. The molecule has 0 atom stereocenters. The van der Waals surface area contributed by atoms with Crippen LogP contribution in [0.15, 0.2) is 0 Å². The summed E-state index contributed by atoms with van der Waals surface area (Å²) in [6, 6.07) is 0. The van der Waals surface area contributed by atoms with Gasteiger partial charge in [0, 0.05) is 130 Å². The van der Waals surface area contributed by atoms with Crippen molar-refractivity contribution in [1.29, 1.82) is 0 Å². The summed E-state index contributed by atoms with van der Waals surface area (Å²) in [6.45, 7) is 1.65. The summed E-state index contributed by atoms with van der Waals surface area (Å²) in [5, 5.41) is 154. The van der Waals surface area contributed by atoms with Crippen LogP contribution in [0.2, 0.25) is 0 Å². The number of carbonyl (C=O) groups is 10. The molecule has 0 heterocycles. The fourth-order valence-electron chi connectivity index (χ4n) is 6.55. The van der Waals surface area contributed by atoms with Crippen LogP contribution in [0.4, 0.5) is 0 Å². The van der Waals surface area contributed by atoms with Crippen molar-refractivity contribution >= 4 is 59.4 Å². The maximum atomic E-state index is 11.6. The van der Waals surface area contributed by atoms with Gasteiger partial charge in [-0.15, -0.1) is 0 Å². The van der Waals surface area contributed by atoms with Gasteiger partial charge in [-0.05, 0) is 32.1 Å². The van der Waals surface area contributed by atoms with Crippen molar-refractivity contribution in [3.63, 3.8) is 0 Å². The molecule has 0 aliphatic rings. The molecule has 0 aromatic rings. The van der Waals surface area contributed by atoms with Crippen LogP contribution >= 0.6 is 0 Å². The molecule has 0 aliphatic heterocycles. The lowest BCUT2D eigenvalue weighted by atomic mass is 10.1. The highest BCUT2D eigenvalue weighted by molar-refractivity contribution is 5.81. The number of unbranched alkanes of at least 4 members (excludes halogenated alkanes) is 3. The van der Waals surface area contributed by atoms with E-state index in [1.165, 1.54) is 24.5 Å². The first-order chi connectivity index (χ1) is 40.4. The molecule has 0 aromatic carbocycles. The van der Waals surface area contributed by atoms with Gasteiger partial charge in [-0.1, -0.05) is 6.42 Å². The lowest BCUT2D eigenvalue weighted by Crippen LogP contribution is -2.35. The van der Waals surface area contributed by atoms with E-state index >= 15 is 0 Å². The largest absolute Gasteiger partial charge is 0.481 e. The molecule has 85 heavy (non-hydrogen) atoms. The molecule has 0 rings (SSSR count). The molecule has 0 fully saturated rings. The Morgan fingerprint density at radius 2 is 0.424 bits per heavy atom. The van der Waals surface area contributed by atoms with Gasteiger partial charge in [0.25, 0.3) is 0 Å². The normalized spacial score (nSPS) is 10.2. The number of amides is 4. The predicted octanol–water partition coefficient (Wildman–Crippen LogP) is -5.90. The van der Waals surface area contributed by atoms with E-state index in [0.717, 1.165) is 0 Å². The van der Waals surface area contributed by atoms with E-state index in [1.807, 2.05) is 0 Å². The van der Waals surface area contributed by atoms with Crippen molar-refractivity contribution in [3.8, 4) is 0 Å². The maximum absolute atomic E-state index is 11.6. The van der Waals surface area contributed by atoms with E-state index in [-0.39, 0.29) is 233 Å². The Labute approximate surface area is 494 Å². The van der Waals surface area contributed by atoms with E-state index in [2.05, 4.69) is 0 Å². The van der Waals surface area contributed by atoms with Gasteiger partial charge in [0.2, 0.25) is 23.6 Å². The van der Waals surface area contributed by atoms with Gasteiger partial charge in [-0.3, -0.25) is 57.7 Å². The lowest BCUT2D eigenvalue weighted by Gasteiger charge is -2.20. The standard InChI is InChI=1S/C11H21NO5.C10H19NO5.C9H17NO5.C8H15NO5.C7H15NO4.C6H13NO4/c13-8-6-12(7-9-14)10(15)4-2-1-3-5-11(16)17;12-7-5-11(6-8-13)9(14)3-1-2-4-10(15)16;11-6-4-10(5-7-12)8(13)2-1-3-9(14)15;10-5-3-9(4-6-11)7(12)1-2-8(13)14;9-5-3-8(4-6-10)2-1-7(11)12;8-3-1-7(2-4-9)5-6(10)11/h13-14H,1-9H2,(H,16,17);12-13H,1-8H2,(H,15,16);11-12H,1-7H2,(H,14,15);10-11H,1-6H2,(H,13,14);9-10H,1-6H2,(H,11,12);8-9H,1-5H2,(H,10,11). The SMILES string of the molecule is O=C(O)CCC(=O)N(CCO)CCO.O=C(O)CCCC(=O)N(CCO)CCO.O=C(O)CCCCC(=O)N(CCO)CCO.O=C(O)CCCCCC(=O)N(CCO)CCO.O=C(O)CCN(CCO)CCO.O=C(O)CN(CCO)CCO. The average Bonchev–Trinajstić information content (AvgIpc) is 3.43. The number of aliphatic hydroxyl groups is 12. The summed E-state index contributed by atoms with van der Waals surface area (Å²) < 4.78 is 0. The van der Waals surface area contributed by atoms with Crippen LogP contribution in [-0.2, 0) is 47.9 Å². The topological polar surface area (TPSA) is 554 Å². The van der Waals surface area contributed by atoms with E-state index in [4.69, 9.17) is 91.9 Å². The second-order valence-corrected chi connectivity index (χ2v) is 17.6. The molecule has 0 unspecified atom stereocenters. The highest BCUT2D eigenvalue weighted by atomic mass is 16.4. The summed E-state index contributed by atoms with van der Waals surface area (Å²) in [7, 11) is 0. The van der Waals surface area contributed by atoms with Crippen LogP contribution in [0.5, 0.6) is 0 Å². The number of aliphatic carboxylic acids is 6. The molecule has 0 aliphatic carbocycles. The van der Waals surface area contributed by atoms with Crippen molar-refractivity contribution in [3.05, 3.63) is 0 Å². The number of rotatable bonds is 47. The molecule has 34 heteroatoms. The van der Waals surface area contributed by atoms with Crippen LogP contribution in [0.3, 0.4) is 0 Å². The zero-order chi connectivity index (χ0) is 66.2. The summed E-state index contributed by atoms with van der Waals surface area (Å²) in [6.07, 6.45) is 3.75. The van der Waals surface area contributed by atoms with Crippen molar-refractivity contribution in [2.75, 3.05) is 171 Å². The molecule has 34 nitrogen and oxygen atoms in total. The van der Waals surface area contributed by atoms with Crippen LogP contribution in [0.1, 0.15) is 96.3 Å². The Bertz CT molecular complexity index is 1670. The Morgan fingerprint density at radius 3 is 0.694 bits per heavy atom. The third kappa shape index (κ3) is 68.8. The number of nitrogens with zero attached hydrogens (tertiary/aromatic N) is 6. The van der Waals surface area contributed by atoms with E-state index < -0.39 is 35.8 Å². The molecule has 0 spiro atoms. The summed E-state index contributed by atoms with van der Waals surface area (Å²) in [5.41, 5.74) is 0. The summed E-state index contributed by atoms with van der Waals surface area (Å²) >= 11 is 0. The van der Waals surface area contributed by atoms with Crippen LogP contribution in [0.25, 0.3) is 0 Å². The molecular formula is C51H100N6O28. The highest BCUT2D eigenvalue weighted by Gasteiger charge is 2.16. The molecule has 0 radical (unpaired) electrons. The zero-order valence-corrected chi connectivity index (χ0v) is 48.8. The highest BCUT2D eigenvalue weighted by Crippen LogP contribution is 2.07. The predicted molar refractivity (Wildman–Crippen MR) is 299 cm³/mol. The fraction of sp³-hybridized carbons (Fsp3) is 0.804. The molecule has 4 amide bonds. The summed E-state index contributed by atoms with van der Waals surface area (Å²) in [4.78, 5) is 115. The molecule has 0 bridgehead atoms. The van der Waals surface area contributed by atoms with Gasteiger partial charge in [0.1, 0.15) is 0 Å². The van der Waals surface area contributed by atoms with Gasteiger partial charge in [0.15, 0.2) is 0 Å². The van der Waals surface area contributed by atoms with Crippen molar-refractivity contribution in [1.82, 2.24) is 29.4 Å². The Hall–Kier alpha value is -5.86. The maximum Gasteiger partial charge on any atom is 0.317 e. The smallest absolute Gasteiger partial charge is 0.317 e. The molecular weight excluding hydrogens is 1140 g/mol. The Kier molecular flexibility index (Phi) is 71.5. The quantitative estimate of drug-likeness (QED) is 0.0252. The summed E-state index contributed by atoms with van der Waals surface area (Å²) in [5.74, 6) is -6.34. The van der Waals surface area contributed by atoms with Gasteiger partial charge < -0.3 is 112 Å². The van der Waals surface area contributed by atoms with E-state index in [0.29, 0.717) is 58.2 Å². The van der Waals surface area contributed by atoms with Crippen molar-refractivity contribution < 1.29 is 140 Å². The lowest BCUT2D eigenvalue weighted by molar-refractivity contribution is -0.141. The van der Waals surface area contributed by atoms with Gasteiger partial charge in [-0.2, -0.15) is 0 Å². The van der Waals surface area contributed by atoms with Gasteiger partial charge in [-0.25, -0.2) is 0 Å². The average molecular weight is 1250 g/mol. The van der Waals surface area contributed by atoms with Crippen molar-refractivity contribution in [2.24, 2.45) is 0 Å². The fourth-order valence-corrected chi connectivity index (χ4v) is 6.55. The van der Waals surface area contributed by atoms with E-state index in [1.54, 1.807) is 4.90 Å². The first-order valence-corrected chi connectivity index (χ1v) is 27.5. The minimum Gasteiger partial charge on any atom is -0.481 e. The monoisotopic (exact) mass is 1240 g/mol. The van der Waals surface area contributed by atoms with E-state index in [9.17, 15) is 47.9 Å². The minimum atomic E-state index is -1.04. The second kappa shape index (κ2) is 67.3. The van der Waals surface area contributed by atoms with Crippen molar-refractivity contribution in [2.45, 2.75) is 96.3 Å². The van der Waals surface area contributed by atoms with Gasteiger partial charge in [0.05, 0.1) is 98.7 Å². The molecule has 502 valence electrons. The van der Waals surface area contributed by atoms with Crippen LogP contribution < -0.4 is 0 Å². The third-order valence-corrected chi connectivity index (χ3v) is 10.7. The number of hydrogen-bond acceptors (Lipinski definition) is 24. The molecule has 0 aromatic heterocycles. The third-order valence-electron chi connectivity index (χ3n) is 10.7. The number of carbonyl (C=O) groups excluding carboxylic acids is 4. The first-order valence-electron chi connectivity index (χ1n) is 27.5. The van der Waals surface area contributed by atoms with Crippen LogP contribution in [0, 0.1) is 0 Å². The minimum absolute atomic E-state index is 0.0143. The van der Waals surface area contributed by atoms with Crippen LogP contribution in [-0.4, -0.2) is 352 Å². The number of carboxylic acid groups (broad SMARTS) is 6. The first kappa shape index (κ1) is 90.3. The Balaban J connectivity index is -0.000000222. The zero-order valence-electron chi connectivity index (χ0n) is 48.8. The second-order valence-electron chi connectivity index (χ2n) is 17.6. The van der Waals surface area contributed by atoms with Gasteiger partial charge >= 0.3 is 35.8 Å². The molecule has 18 N–H and O–H groups in total. The Morgan fingerprint density at radius 1 is 0.200 bits per heavy atom. The molecule has 0 saturated carbocycles. The molecule has 0 saturated heterocycles.